The van der Waals surface area contributed by atoms with Crippen LogP contribution in [0, 0.1) is 5.92 Å². The van der Waals surface area contributed by atoms with E-state index in [1.165, 1.54) is 10.5 Å². The van der Waals surface area contributed by atoms with Gasteiger partial charge in [-0.1, -0.05) is 73.9 Å². The topological polar surface area (TPSA) is 106 Å². The summed E-state index contributed by atoms with van der Waals surface area (Å²) in [5, 5.41) is 11.2. The number of phosphoric acid groups is 1. The van der Waals surface area contributed by atoms with Crippen LogP contribution in [0.15, 0.2) is 66.3 Å². The average Bonchev–Trinajstić information content (AvgIpc) is 2.94. The second-order valence-electron chi connectivity index (χ2n) is 11.2. The Morgan fingerprint density at radius 3 is 2.55 bits per heavy atom. The van der Waals surface area contributed by atoms with Crippen molar-refractivity contribution in [3.05, 3.63) is 83.0 Å². The minimum atomic E-state index is -4.24. The van der Waals surface area contributed by atoms with Crippen molar-refractivity contribution < 1.29 is 33.1 Å². The van der Waals surface area contributed by atoms with Gasteiger partial charge in [-0.3, -0.25) is 9.05 Å². The monoisotopic (exact) mass is 599 g/mol. The molecule has 8 nitrogen and oxygen atoms in total. The summed E-state index contributed by atoms with van der Waals surface area (Å²) in [6, 6.07) is 12.7. The minimum Gasteiger partial charge on any atom is -0.507 e. The summed E-state index contributed by atoms with van der Waals surface area (Å²) in [5.74, 6) is 0.443. The Bertz CT molecular complexity index is 1280. The molecule has 0 radical (unpaired) electrons. The van der Waals surface area contributed by atoms with Gasteiger partial charge in [-0.2, -0.15) is 0 Å². The fourth-order valence-electron chi connectivity index (χ4n) is 5.23. The van der Waals surface area contributed by atoms with Gasteiger partial charge in [0.05, 0.1) is 13.2 Å². The molecule has 1 aliphatic rings. The maximum absolute atomic E-state index is 13.2. The van der Waals surface area contributed by atoms with Crippen molar-refractivity contribution in [3.8, 4) is 11.5 Å². The number of carbonyl (C=O) groups is 1. The maximum atomic E-state index is 13.2. The molecule has 1 amide bonds. The molecule has 0 spiro atoms. The third-order valence-corrected chi connectivity index (χ3v) is 8.57. The first kappa shape index (κ1) is 33.6. The number of nitrogens with zero attached hydrogens (tertiary/aromatic N) is 1. The van der Waals surface area contributed by atoms with E-state index in [9.17, 15) is 19.4 Å². The Labute approximate surface area is 250 Å². The second-order valence-corrected chi connectivity index (χ2v) is 12.7. The van der Waals surface area contributed by atoms with E-state index in [2.05, 4.69) is 26.5 Å². The SMILES string of the molecule is C=C(C)[C@@H]1CCC(C)=C[C@H]1c1c(O)cc(CCCCC)cc1OC(=O)N(C)CCCOP(=O)(O)OCc1ccccc1. The van der Waals surface area contributed by atoms with Crippen molar-refractivity contribution in [1.29, 1.82) is 0 Å². The van der Waals surface area contributed by atoms with Crippen molar-refractivity contribution in [1.82, 2.24) is 4.90 Å². The molecule has 42 heavy (non-hydrogen) atoms. The lowest BCUT2D eigenvalue weighted by molar-refractivity contribution is 0.134. The van der Waals surface area contributed by atoms with Gasteiger partial charge in [0.15, 0.2) is 0 Å². The average molecular weight is 600 g/mol. The third-order valence-electron chi connectivity index (χ3n) is 7.60. The number of aromatic hydroxyl groups is 1. The van der Waals surface area contributed by atoms with Crippen LogP contribution in [0.25, 0.3) is 0 Å². The van der Waals surface area contributed by atoms with E-state index < -0.39 is 13.9 Å². The number of rotatable bonds is 15. The first-order valence-electron chi connectivity index (χ1n) is 14.8. The summed E-state index contributed by atoms with van der Waals surface area (Å²) in [7, 11) is -2.64. The van der Waals surface area contributed by atoms with Crippen LogP contribution in [0.5, 0.6) is 11.5 Å². The standard InChI is InChI=1S/C33H46NO7P/c1-6-7-9-15-27-21-30(35)32(29-20-25(4)16-17-28(29)24(2)3)31(22-27)41-33(36)34(5)18-12-19-39-42(37,38)40-23-26-13-10-8-11-14-26/h8,10-11,13-14,20-22,28-29,35H,2,6-7,9,12,15-19,23H2,1,3-5H3,(H,37,38)/t28-,29+/m0/s1. The fraction of sp³-hybridized carbons (Fsp3) is 0.485. The Morgan fingerprint density at radius 1 is 1.12 bits per heavy atom. The molecule has 0 heterocycles. The molecule has 0 saturated heterocycles. The van der Waals surface area contributed by atoms with Crippen LogP contribution in [0.2, 0.25) is 0 Å². The van der Waals surface area contributed by atoms with Crippen molar-refractivity contribution in [2.24, 2.45) is 5.92 Å². The van der Waals surface area contributed by atoms with E-state index in [0.29, 0.717) is 17.7 Å². The van der Waals surface area contributed by atoms with Gasteiger partial charge in [0.2, 0.25) is 0 Å². The highest BCUT2D eigenvalue weighted by atomic mass is 31.2. The van der Waals surface area contributed by atoms with Gasteiger partial charge in [0.25, 0.3) is 0 Å². The number of ether oxygens (including phenoxy) is 1. The molecule has 2 N–H and O–H groups in total. The Kier molecular flexibility index (Phi) is 12.9. The molecule has 230 valence electrons. The number of phosphoric ester groups is 1. The molecular weight excluding hydrogens is 553 g/mol. The maximum Gasteiger partial charge on any atom is 0.472 e. The molecule has 0 saturated carbocycles. The highest BCUT2D eigenvalue weighted by molar-refractivity contribution is 7.47. The zero-order valence-corrected chi connectivity index (χ0v) is 26.3. The lowest BCUT2D eigenvalue weighted by atomic mass is 9.73. The summed E-state index contributed by atoms with van der Waals surface area (Å²) >= 11 is 0. The van der Waals surface area contributed by atoms with Gasteiger partial charge < -0.3 is 19.6 Å². The van der Waals surface area contributed by atoms with Gasteiger partial charge in [0.1, 0.15) is 11.5 Å². The minimum absolute atomic E-state index is 0.0462. The molecule has 1 unspecified atom stereocenters. The second kappa shape index (κ2) is 16.1. The lowest BCUT2D eigenvalue weighted by Crippen LogP contribution is -2.31. The number of aryl methyl sites for hydroxylation is 1. The van der Waals surface area contributed by atoms with E-state index in [0.717, 1.165) is 55.2 Å². The Morgan fingerprint density at radius 2 is 1.86 bits per heavy atom. The number of hydrogen-bond acceptors (Lipinski definition) is 6. The van der Waals surface area contributed by atoms with Crippen LogP contribution in [-0.2, 0) is 26.6 Å². The van der Waals surface area contributed by atoms with Gasteiger partial charge in [-0.05, 0) is 75.1 Å². The largest absolute Gasteiger partial charge is 0.507 e. The van der Waals surface area contributed by atoms with Crippen LogP contribution >= 0.6 is 7.82 Å². The molecule has 3 rings (SSSR count). The predicted octanol–water partition coefficient (Wildman–Crippen LogP) is 8.30. The molecule has 0 aliphatic heterocycles. The van der Waals surface area contributed by atoms with Gasteiger partial charge in [-0.15, -0.1) is 0 Å². The fourth-order valence-corrected chi connectivity index (χ4v) is 5.98. The van der Waals surface area contributed by atoms with Crippen LogP contribution < -0.4 is 4.74 Å². The third kappa shape index (κ3) is 10.1. The van der Waals surface area contributed by atoms with E-state index >= 15 is 0 Å². The normalized spacial score (nSPS) is 18.2. The van der Waals surface area contributed by atoms with Crippen molar-refractivity contribution in [3.63, 3.8) is 0 Å². The molecule has 0 bridgehead atoms. The van der Waals surface area contributed by atoms with Crippen LogP contribution in [0.4, 0.5) is 4.79 Å². The Balaban J connectivity index is 1.67. The smallest absolute Gasteiger partial charge is 0.472 e. The molecule has 3 atom stereocenters. The van der Waals surface area contributed by atoms with Gasteiger partial charge in [-0.25, -0.2) is 9.36 Å². The highest BCUT2D eigenvalue weighted by Gasteiger charge is 2.31. The summed E-state index contributed by atoms with van der Waals surface area (Å²) < 4.78 is 28.3. The van der Waals surface area contributed by atoms with Crippen LogP contribution in [-0.4, -0.2) is 41.2 Å². The zero-order chi connectivity index (χ0) is 30.7. The van der Waals surface area contributed by atoms with Gasteiger partial charge in [0, 0.05) is 25.1 Å². The molecular formula is C33H46NO7P. The first-order chi connectivity index (χ1) is 20.0. The quantitative estimate of drug-likeness (QED) is 0.121. The number of allylic oxidation sites excluding steroid dienone is 3. The molecule has 0 fully saturated rings. The van der Waals surface area contributed by atoms with E-state index in [4.69, 9.17) is 13.8 Å². The summed E-state index contributed by atoms with van der Waals surface area (Å²) in [4.78, 5) is 24.5. The summed E-state index contributed by atoms with van der Waals surface area (Å²) in [5.41, 5.74) is 4.53. The van der Waals surface area contributed by atoms with Crippen molar-refractivity contribution >= 4 is 13.9 Å². The molecule has 2 aromatic rings. The van der Waals surface area contributed by atoms with Crippen molar-refractivity contribution in [2.75, 3.05) is 20.2 Å². The Hall–Kier alpha value is -2.90. The van der Waals surface area contributed by atoms with E-state index in [1.807, 2.05) is 31.2 Å². The number of hydrogen-bond donors (Lipinski definition) is 2. The summed E-state index contributed by atoms with van der Waals surface area (Å²) in [6.45, 7) is 10.5. The van der Waals surface area contributed by atoms with Crippen LogP contribution in [0.1, 0.15) is 81.9 Å². The molecule has 0 aromatic heterocycles. The van der Waals surface area contributed by atoms with Gasteiger partial charge >= 0.3 is 13.9 Å². The number of amides is 1. The van der Waals surface area contributed by atoms with E-state index in [-0.39, 0.29) is 37.3 Å². The van der Waals surface area contributed by atoms with Crippen molar-refractivity contribution in [2.45, 2.75) is 78.2 Å². The predicted molar refractivity (Wildman–Crippen MR) is 166 cm³/mol. The van der Waals surface area contributed by atoms with Crippen LogP contribution in [0.3, 0.4) is 0 Å². The number of phenols is 1. The first-order valence-corrected chi connectivity index (χ1v) is 16.3. The highest BCUT2D eigenvalue weighted by Crippen LogP contribution is 2.47. The number of phenolic OH excluding ortho intramolecular Hbond substituents is 1. The number of benzene rings is 2. The summed E-state index contributed by atoms with van der Waals surface area (Å²) in [6.07, 6.45) is 7.64. The number of carbonyl (C=O) groups excluding carboxylic acids is 1. The molecule has 1 aliphatic carbocycles. The lowest BCUT2D eigenvalue weighted by Gasteiger charge is -2.32. The molecule has 2 aromatic carbocycles. The molecule has 9 heteroatoms. The zero-order valence-electron chi connectivity index (χ0n) is 25.4. The number of unbranched alkanes of at least 4 members (excludes halogenated alkanes) is 2. The van der Waals surface area contributed by atoms with E-state index in [1.54, 1.807) is 25.2 Å².